The Morgan fingerprint density at radius 2 is 2.11 bits per heavy atom. The average Bonchev–Trinajstić information content (AvgIpc) is 2.76. The molecule has 0 saturated heterocycles. The minimum Gasteiger partial charge on any atom is -0.489 e. The van der Waals surface area contributed by atoms with Crippen LogP contribution in [0.3, 0.4) is 0 Å². The van der Waals surface area contributed by atoms with Gasteiger partial charge in [0.05, 0.1) is 17.5 Å². The molecule has 2 aromatic rings. The molecule has 1 aromatic heterocycles. The first kappa shape index (κ1) is 13.7. The molecule has 0 bridgehead atoms. The average molecular weight is 276 g/mol. The predicted octanol–water partition coefficient (Wildman–Crippen LogP) is 4.04. The monoisotopic (exact) mass is 276 g/mol. The highest BCUT2D eigenvalue weighted by Crippen LogP contribution is 2.30. The van der Waals surface area contributed by atoms with Crippen molar-refractivity contribution >= 4 is 22.7 Å². The normalized spacial score (nSPS) is 10.7. The molecule has 0 spiro atoms. The maximum Gasteiger partial charge on any atom is 0.144 e. The zero-order valence-corrected chi connectivity index (χ0v) is 12.4. The van der Waals surface area contributed by atoms with Crippen LogP contribution in [-0.4, -0.2) is 6.10 Å². The molecule has 0 aliphatic heterocycles. The summed E-state index contributed by atoms with van der Waals surface area (Å²) in [6.45, 7) is 6.90. The van der Waals surface area contributed by atoms with E-state index in [4.69, 9.17) is 10.5 Å². The molecule has 102 valence electrons. The van der Waals surface area contributed by atoms with Crippen LogP contribution in [0.25, 0.3) is 0 Å². The molecular weight excluding hydrogens is 256 g/mol. The number of anilines is 2. The lowest BCUT2D eigenvalue weighted by Crippen LogP contribution is -2.09. The standard InChI is InChI=1S/C15H20N2OS/c1-10(2)18-13-6-4-5-12(15(13)16)17-9-14-11(3)7-8-19-14/h4-8,10,17H,9,16H2,1-3H3. The van der Waals surface area contributed by atoms with Crippen LogP contribution in [-0.2, 0) is 6.54 Å². The van der Waals surface area contributed by atoms with Crippen molar-refractivity contribution in [3.63, 3.8) is 0 Å². The second-order valence-corrected chi connectivity index (χ2v) is 5.77. The Bertz CT molecular complexity index is 549. The van der Waals surface area contributed by atoms with Gasteiger partial charge in [0, 0.05) is 11.4 Å². The van der Waals surface area contributed by atoms with Crippen LogP contribution >= 0.6 is 11.3 Å². The number of hydrogen-bond acceptors (Lipinski definition) is 4. The quantitative estimate of drug-likeness (QED) is 0.810. The molecule has 1 aromatic carbocycles. The van der Waals surface area contributed by atoms with Gasteiger partial charge in [0.25, 0.3) is 0 Å². The molecule has 3 N–H and O–H groups in total. The van der Waals surface area contributed by atoms with Gasteiger partial charge in [0.2, 0.25) is 0 Å². The summed E-state index contributed by atoms with van der Waals surface area (Å²) in [6, 6.07) is 7.96. The molecule has 4 heteroatoms. The largest absolute Gasteiger partial charge is 0.489 e. The van der Waals surface area contributed by atoms with Crippen LogP contribution in [0.5, 0.6) is 5.75 Å². The van der Waals surface area contributed by atoms with Gasteiger partial charge in [-0.3, -0.25) is 0 Å². The Morgan fingerprint density at radius 3 is 2.74 bits per heavy atom. The van der Waals surface area contributed by atoms with Gasteiger partial charge >= 0.3 is 0 Å². The number of nitrogens with two attached hydrogens (primary N) is 1. The van der Waals surface area contributed by atoms with Crippen molar-refractivity contribution in [3.05, 3.63) is 40.1 Å². The summed E-state index contributed by atoms with van der Waals surface area (Å²) in [7, 11) is 0. The molecule has 0 saturated carbocycles. The van der Waals surface area contributed by atoms with Crippen molar-refractivity contribution in [2.24, 2.45) is 0 Å². The lowest BCUT2D eigenvalue weighted by Gasteiger charge is -2.15. The molecular formula is C15H20N2OS. The molecule has 1 heterocycles. The smallest absolute Gasteiger partial charge is 0.144 e. The van der Waals surface area contributed by atoms with Crippen LogP contribution in [0, 0.1) is 6.92 Å². The van der Waals surface area contributed by atoms with Gasteiger partial charge in [-0.05, 0) is 49.9 Å². The molecule has 3 nitrogen and oxygen atoms in total. The van der Waals surface area contributed by atoms with E-state index < -0.39 is 0 Å². The zero-order valence-electron chi connectivity index (χ0n) is 11.6. The van der Waals surface area contributed by atoms with E-state index in [1.54, 1.807) is 11.3 Å². The van der Waals surface area contributed by atoms with Gasteiger partial charge in [-0.1, -0.05) is 6.07 Å². The third kappa shape index (κ3) is 3.41. The summed E-state index contributed by atoms with van der Waals surface area (Å²) in [5, 5.41) is 5.48. The van der Waals surface area contributed by atoms with Crippen LogP contribution in [0.15, 0.2) is 29.6 Å². The Balaban J connectivity index is 2.10. The minimum atomic E-state index is 0.122. The van der Waals surface area contributed by atoms with Crippen molar-refractivity contribution in [3.8, 4) is 5.75 Å². The maximum absolute atomic E-state index is 6.13. The molecule has 0 aliphatic carbocycles. The molecule has 0 unspecified atom stereocenters. The fraction of sp³-hybridized carbons (Fsp3) is 0.333. The van der Waals surface area contributed by atoms with Crippen LogP contribution in [0.2, 0.25) is 0 Å². The molecule has 19 heavy (non-hydrogen) atoms. The summed E-state index contributed by atoms with van der Waals surface area (Å²) in [6.07, 6.45) is 0.122. The number of rotatable bonds is 5. The van der Waals surface area contributed by atoms with E-state index in [1.165, 1.54) is 10.4 Å². The van der Waals surface area contributed by atoms with Gasteiger partial charge in [-0.2, -0.15) is 0 Å². The van der Waals surface area contributed by atoms with E-state index in [2.05, 4.69) is 23.7 Å². The first-order chi connectivity index (χ1) is 9.08. The summed E-state index contributed by atoms with van der Waals surface area (Å²) in [5.74, 6) is 0.739. The van der Waals surface area contributed by atoms with Crippen molar-refractivity contribution in [1.82, 2.24) is 0 Å². The summed E-state index contributed by atoms with van der Waals surface area (Å²) in [5.41, 5.74) is 9.03. The van der Waals surface area contributed by atoms with E-state index in [0.29, 0.717) is 5.69 Å². The Morgan fingerprint density at radius 1 is 1.32 bits per heavy atom. The van der Waals surface area contributed by atoms with E-state index >= 15 is 0 Å². The number of para-hydroxylation sites is 1. The lowest BCUT2D eigenvalue weighted by molar-refractivity contribution is 0.244. The SMILES string of the molecule is Cc1ccsc1CNc1cccc(OC(C)C)c1N. The number of benzene rings is 1. The maximum atomic E-state index is 6.13. The fourth-order valence-electron chi connectivity index (χ4n) is 1.82. The summed E-state index contributed by atoms with van der Waals surface area (Å²) >= 11 is 1.75. The van der Waals surface area contributed by atoms with Crippen LogP contribution < -0.4 is 15.8 Å². The predicted molar refractivity (Wildman–Crippen MR) is 83.0 cm³/mol. The van der Waals surface area contributed by atoms with Crippen molar-refractivity contribution in [2.45, 2.75) is 33.4 Å². The fourth-order valence-corrected chi connectivity index (χ4v) is 2.66. The lowest BCUT2D eigenvalue weighted by atomic mass is 10.2. The Hall–Kier alpha value is -1.68. The zero-order chi connectivity index (χ0) is 13.8. The highest BCUT2D eigenvalue weighted by Gasteiger charge is 2.08. The number of hydrogen-bond donors (Lipinski definition) is 2. The number of ether oxygens (including phenoxy) is 1. The topological polar surface area (TPSA) is 47.3 Å². The van der Waals surface area contributed by atoms with Crippen LogP contribution in [0.4, 0.5) is 11.4 Å². The molecule has 0 fully saturated rings. The third-order valence-electron chi connectivity index (χ3n) is 2.84. The summed E-state index contributed by atoms with van der Waals surface area (Å²) in [4.78, 5) is 1.33. The van der Waals surface area contributed by atoms with Gasteiger partial charge in [-0.15, -0.1) is 11.3 Å². The highest BCUT2D eigenvalue weighted by atomic mass is 32.1. The first-order valence-corrected chi connectivity index (χ1v) is 7.28. The van der Waals surface area contributed by atoms with Crippen molar-refractivity contribution in [1.29, 1.82) is 0 Å². The Labute approximate surface area is 118 Å². The second kappa shape index (κ2) is 5.97. The van der Waals surface area contributed by atoms with E-state index in [9.17, 15) is 0 Å². The van der Waals surface area contributed by atoms with Gasteiger partial charge in [0.1, 0.15) is 5.75 Å². The van der Waals surface area contributed by atoms with Crippen molar-refractivity contribution in [2.75, 3.05) is 11.1 Å². The number of nitrogens with one attached hydrogen (secondary N) is 1. The van der Waals surface area contributed by atoms with E-state index in [1.807, 2.05) is 32.0 Å². The molecule has 2 rings (SSSR count). The van der Waals surface area contributed by atoms with E-state index in [0.717, 1.165) is 18.0 Å². The summed E-state index contributed by atoms with van der Waals surface area (Å²) < 4.78 is 5.68. The van der Waals surface area contributed by atoms with Crippen molar-refractivity contribution < 1.29 is 4.74 Å². The van der Waals surface area contributed by atoms with Crippen LogP contribution in [0.1, 0.15) is 24.3 Å². The number of nitrogen functional groups attached to an aromatic ring is 1. The van der Waals surface area contributed by atoms with Gasteiger partial charge in [0.15, 0.2) is 0 Å². The third-order valence-corrected chi connectivity index (χ3v) is 3.86. The molecule has 0 atom stereocenters. The van der Waals surface area contributed by atoms with Gasteiger partial charge in [-0.25, -0.2) is 0 Å². The minimum absolute atomic E-state index is 0.122. The molecule has 0 radical (unpaired) electrons. The van der Waals surface area contributed by atoms with E-state index in [-0.39, 0.29) is 6.10 Å². The second-order valence-electron chi connectivity index (χ2n) is 4.76. The highest BCUT2D eigenvalue weighted by molar-refractivity contribution is 7.10. The molecule has 0 aliphatic rings. The number of thiophene rings is 1. The molecule has 0 amide bonds. The number of aryl methyl sites for hydroxylation is 1. The first-order valence-electron chi connectivity index (χ1n) is 6.40. The Kier molecular flexibility index (Phi) is 4.32. The van der Waals surface area contributed by atoms with Gasteiger partial charge < -0.3 is 15.8 Å².